The first-order valence-electron chi connectivity index (χ1n) is 4.48. The molecule has 0 atom stereocenters. The molecule has 0 aromatic rings. The molecule has 0 aromatic heterocycles. The summed E-state index contributed by atoms with van der Waals surface area (Å²) in [5.74, 6) is 0. The molecule has 0 unspecified atom stereocenters. The van der Waals surface area contributed by atoms with Crippen LogP contribution in [0, 0.1) is 0 Å². The van der Waals surface area contributed by atoms with E-state index in [1.54, 1.807) is 0 Å². The fraction of sp³-hybridized carbons (Fsp3) is 1.00. The molecule has 0 bridgehead atoms. The van der Waals surface area contributed by atoms with Crippen LogP contribution in [0.5, 0.6) is 0 Å². The predicted molar refractivity (Wildman–Crippen MR) is 73.5 cm³/mol. The normalized spacial score (nSPS) is 15.2. The molecule has 0 aliphatic carbocycles. The summed E-state index contributed by atoms with van der Waals surface area (Å²) >= 11 is 10.5. The summed E-state index contributed by atoms with van der Waals surface area (Å²) in [4.78, 5) is 0.979. The van der Waals surface area contributed by atoms with Gasteiger partial charge < -0.3 is 0 Å². The molecule has 0 amide bonds. The third-order valence-electron chi connectivity index (χ3n) is 2.09. The quantitative estimate of drug-likeness (QED) is 0.604. The Morgan fingerprint density at radius 2 is 0.769 bits per heavy atom. The van der Waals surface area contributed by atoms with E-state index in [0.717, 1.165) is 4.79 Å². The van der Waals surface area contributed by atoms with Gasteiger partial charge in [-0.2, -0.15) is 0 Å². The maximum absolute atomic E-state index is 3.50. The zero-order chi connectivity index (χ0) is 11.1. The van der Waals surface area contributed by atoms with Crippen molar-refractivity contribution in [3.05, 3.63) is 0 Å². The van der Waals surface area contributed by atoms with Gasteiger partial charge in [0.05, 0.1) is 0 Å². The zero-order valence-electron chi connectivity index (χ0n) is 9.30. The third kappa shape index (κ3) is 5.19. The monoisotopic (exact) mass is 427 g/mol. The molecular formula is C7H19Se3Si3. The van der Waals surface area contributed by atoms with Crippen molar-refractivity contribution in [2.75, 3.05) is 0 Å². The SMILES string of the molecule is C[Si](C)([Se])C([Si](C)(C)[Se])[Si](C)(C)[Se]. The Morgan fingerprint density at radius 1 is 0.615 bits per heavy atom. The fourth-order valence-electron chi connectivity index (χ4n) is 2.51. The van der Waals surface area contributed by atoms with Gasteiger partial charge in [-0.05, 0) is 0 Å². The molecule has 6 heteroatoms. The molecule has 0 heterocycles. The molecular weight excluding hydrogens is 405 g/mol. The van der Waals surface area contributed by atoms with Crippen molar-refractivity contribution >= 4 is 66.2 Å². The van der Waals surface area contributed by atoms with E-state index in [-0.39, 0.29) is 0 Å². The zero-order valence-corrected chi connectivity index (χ0v) is 17.4. The second-order valence-electron chi connectivity index (χ2n) is 5.24. The fourth-order valence-corrected chi connectivity index (χ4v) is 66.2. The van der Waals surface area contributed by atoms with Crippen LogP contribution in [0.1, 0.15) is 0 Å². The second kappa shape index (κ2) is 4.60. The summed E-state index contributed by atoms with van der Waals surface area (Å²) in [5, 5.41) is 0. The molecule has 0 spiro atoms. The van der Waals surface area contributed by atoms with Crippen molar-refractivity contribution in [2.24, 2.45) is 0 Å². The van der Waals surface area contributed by atoms with Gasteiger partial charge in [-0.15, -0.1) is 0 Å². The van der Waals surface area contributed by atoms with E-state index in [9.17, 15) is 0 Å². The molecule has 0 saturated carbocycles. The maximum atomic E-state index is 3.50. The first-order chi connectivity index (χ1) is 5.37. The van der Waals surface area contributed by atoms with Gasteiger partial charge in [-0.25, -0.2) is 0 Å². The topological polar surface area (TPSA) is 0 Å². The van der Waals surface area contributed by atoms with E-state index in [2.05, 4.69) is 85.4 Å². The molecule has 3 radical (unpaired) electrons. The minimum atomic E-state index is -1.12. The van der Waals surface area contributed by atoms with Gasteiger partial charge in [-0.3, -0.25) is 0 Å². The van der Waals surface area contributed by atoms with E-state index in [0.29, 0.717) is 0 Å². The number of hydrogen-bond donors (Lipinski definition) is 0. The Hall–Kier alpha value is 2.21. The first-order valence-corrected chi connectivity index (χ1v) is 21.1. The molecule has 0 saturated heterocycles. The average Bonchev–Trinajstić information content (AvgIpc) is 1.44. The van der Waals surface area contributed by atoms with Gasteiger partial charge in [0.1, 0.15) is 0 Å². The predicted octanol–water partition coefficient (Wildman–Crippen LogP) is 1.56. The van der Waals surface area contributed by atoms with Crippen molar-refractivity contribution in [3.63, 3.8) is 0 Å². The van der Waals surface area contributed by atoms with Crippen LogP contribution in [0.4, 0.5) is 0 Å². The summed E-state index contributed by atoms with van der Waals surface area (Å²) in [5.41, 5.74) is 0. The van der Waals surface area contributed by atoms with E-state index < -0.39 is 20.0 Å². The number of hydrogen-bond acceptors (Lipinski definition) is 0. The number of rotatable bonds is 3. The van der Waals surface area contributed by atoms with Gasteiger partial charge >= 0.3 is 110 Å². The summed E-state index contributed by atoms with van der Waals surface area (Å²) in [6, 6.07) is 0. The van der Waals surface area contributed by atoms with E-state index in [4.69, 9.17) is 0 Å². The van der Waals surface area contributed by atoms with Crippen LogP contribution >= 0.6 is 0 Å². The van der Waals surface area contributed by atoms with Crippen LogP contribution in [-0.4, -0.2) is 66.2 Å². The molecule has 13 heavy (non-hydrogen) atoms. The van der Waals surface area contributed by atoms with Crippen molar-refractivity contribution in [1.82, 2.24) is 0 Å². The van der Waals surface area contributed by atoms with Crippen molar-refractivity contribution in [3.8, 4) is 0 Å². The Bertz CT molecular complexity index is 142. The first kappa shape index (κ1) is 15.2. The summed E-state index contributed by atoms with van der Waals surface area (Å²) in [6.45, 7) is 11.4. The molecule has 0 fully saturated rings. The van der Waals surface area contributed by atoms with Gasteiger partial charge in [0.15, 0.2) is 0 Å². The Balaban J connectivity index is 5.02. The van der Waals surface area contributed by atoms with Crippen LogP contribution < -0.4 is 0 Å². The van der Waals surface area contributed by atoms with Crippen LogP contribution in [0.3, 0.4) is 0 Å². The molecule has 0 aliphatic heterocycles. The Kier molecular flexibility index (Phi) is 5.38. The second-order valence-corrected chi connectivity index (χ2v) is 38.2. The molecule has 0 nitrogen and oxygen atoms in total. The van der Waals surface area contributed by atoms with Crippen LogP contribution in [0.25, 0.3) is 0 Å². The van der Waals surface area contributed by atoms with E-state index in [1.807, 2.05) is 0 Å². The molecule has 0 N–H and O–H groups in total. The minimum absolute atomic E-state index is 0.979. The summed E-state index contributed by atoms with van der Waals surface area (Å²) in [6.07, 6.45) is 0. The standard InChI is InChI=1S/C7H19Se3Si3/c1-11(2,8)7(12(3,4)9)13(5,6)10/h7H,1-6H3. The Labute approximate surface area is 109 Å². The third-order valence-corrected chi connectivity index (χ3v) is 32.1. The van der Waals surface area contributed by atoms with Crippen LogP contribution in [-0.2, 0) is 0 Å². The Morgan fingerprint density at radius 3 is 0.769 bits per heavy atom. The molecule has 0 aliphatic rings. The van der Waals surface area contributed by atoms with Gasteiger partial charge in [-0.1, -0.05) is 0 Å². The van der Waals surface area contributed by atoms with Crippen LogP contribution in [0.2, 0.25) is 44.1 Å². The summed E-state index contributed by atoms with van der Waals surface area (Å²) in [7, 11) is 0. The van der Waals surface area contributed by atoms with E-state index >= 15 is 0 Å². The van der Waals surface area contributed by atoms with Crippen molar-refractivity contribution < 1.29 is 0 Å². The molecule has 0 aromatic carbocycles. The van der Waals surface area contributed by atoms with Crippen LogP contribution in [0.15, 0.2) is 0 Å². The average molecular weight is 424 g/mol. The van der Waals surface area contributed by atoms with E-state index in [1.165, 1.54) is 0 Å². The van der Waals surface area contributed by atoms with Crippen molar-refractivity contribution in [2.45, 2.75) is 44.1 Å². The van der Waals surface area contributed by atoms with Gasteiger partial charge in [0, 0.05) is 0 Å². The summed E-state index contributed by atoms with van der Waals surface area (Å²) < 4.78 is 0. The molecule has 0 rings (SSSR count). The molecule has 77 valence electrons. The van der Waals surface area contributed by atoms with Gasteiger partial charge in [0.2, 0.25) is 0 Å². The van der Waals surface area contributed by atoms with Crippen molar-refractivity contribution in [1.29, 1.82) is 0 Å². The van der Waals surface area contributed by atoms with Gasteiger partial charge in [0.25, 0.3) is 0 Å².